The molecule has 1 aromatic carbocycles. The molecule has 0 saturated heterocycles. The summed E-state index contributed by atoms with van der Waals surface area (Å²) in [5.74, 6) is 0.419. The molecule has 0 unspecified atom stereocenters. The lowest BCUT2D eigenvalue weighted by molar-refractivity contribution is 0.102. The first-order chi connectivity index (χ1) is 8.19. The minimum absolute atomic E-state index is 0.142. The van der Waals surface area contributed by atoms with Gasteiger partial charge < -0.3 is 5.32 Å². The summed E-state index contributed by atoms with van der Waals surface area (Å²) in [5.41, 5.74) is 0.633. The van der Waals surface area contributed by atoms with E-state index in [1.165, 1.54) is 0 Å². The molecule has 5 heteroatoms. The minimum atomic E-state index is -0.142. The monoisotopic (exact) mass is 247 g/mol. The summed E-state index contributed by atoms with van der Waals surface area (Å²) in [7, 11) is 1.81. The number of carbonyl (C=O) groups excluding carboxylic acids is 1. The highest BCUT2D eigenvalue weighted by atomic mass is 32.2. The van der Waals surface area contributed by atoms with Crippen molar-refractivity contribution in [2.24, 2.45) is 7.05 Å². The highest BCUT2D eigenvalue weighted by molar-refractivity contribution is 7.98. The number of anilines is 1. The standard InChI is InChI=1S/C12H13N3OS/c1-15-8-7-11(14-15)13-12(16)9-3-5-10(17-2)6-4-9/h3-8H,1-2H3,(H,13,14,16). The van der Waals surface area contributed by atoms with Gasteiger partial charge in [0.1, 0.15) is 0 Å². The SMILES string of the molecule is CSc1ccc(C(=O)Nc2ccn(C)n2)cc1. The molecular formula is C12H13N3OS. The maximum Gasteiger partial charge on any atom is 0.256 e. The van der Waals surface area contributed by atoms with E-state index in [-0.39, 0.29) is 5.91 Å². The molecule has 2 rings (SSSR count). The molecule has 4 nitrogen and oxygen atoms in total. The number of benzene rings is 1. The Morgan fingerprint density at radius 1 is 1.29 bits per heavy atom. The summed E-state index contributed by atoms with van der Waals surface area (Å²) in [5, 5.41) is 6.83. The molecule has 0 fully saturated rings. The van der Waals surface area contributed by atoms with Crippen molar-refractivity contribution in [1.82, 2.24) is 9.78 Å². The number of hydrogen-bond donors (Lipinski definition) is 1. The fraction of sp³-hybridized carbons (Fsp3) is 0.167. The van der Waals surface area contributed by atoms with Gasteiger partial charge in [-0.2, -0.15) is 5.10 Å². The predicted molar refractivity (Wildman–Crippen MR) is 69.4 cm³/mol. The summed E-state index contributed by atoms with van der Waals surface area (Å²) in [6, 6.07) is 9.23. The number of thioether (sulfide) groups is 1. The molecule has 1 aromatic heterocycles. The zero-order valence-electron chi connectivity index (χ0n) is 9.68. The van der Waals surface area contributed by atoms with Gasteiger partial charge in [0.05, 0.1) is 0 Å². The third kappa shape index (κ3) is 2.88. The van der Waals surface area contributed by atoms with Crippen LogP contribution in [-0.4, -0.2) is 21.9 Å². The van der Waals surface area contributed by atoms with Gasteiger partial charge in [0.2, 0.25) is 0 Å². The molecule has 1 heterocycles. The zero-order chi connectivity index (χ0) is 12.3. The number of rotatable bonds is 3. The van der Waals surface area contributed by atoms with Crippen LogP contribution in [0.25, 0.3) is 0 Å². The normalized spacial score (nSPS) is 10.2. The van der Waals surface area contributed by atoms with E-state index in [9.17, 15) is 4.79 Å². The van der Waals surface area contributed by atoms with Crippen LogP contribution in [0.4, 0.5) is 5.82 Å². The summed E-state index contributed by atoms with van der Waals surface area (Å²) in [6.07, 6.45) is 3.79. The number of aromatic nitrogens is 2. The molecular weight excluding hydrogens is 234 g/mol. The fourth-order valence-corrected chi connectivity index (χ4v) is 1.82. The van der Waals surface area contributed by atoms with Crippen LogP contribution in [0, 0.1) is 0 Å². The Kier molecular flexibility index (Phi) is 3.49. The number of amides is 1. The van der Waals surface area contributed by atoms with Crippen LogP contribution in [0.3, 0.4) is 0 Å². The molecule has 0 saturated carbocycles. The van der Waals surface area contributed by atoms with Crippen molar-refractivity contribution in [3.63, 3.8) is 0 Å². The van der Waals surface area contributed by atoms with Crippen LogP contribution in [-0.2, 0) is 7.05 Å². The Labute approximate surface area is 104 Å². The summed E-state index contributed by atoms with van der Waals surface area (Å²) in [6.45, 7) is 0. The van der Waals surface area contributed by atoms with E-state index in [1.54, 1.807) is 28.7 Å². The summed E-state index contributed by atoms with van der Waals surface area (Å²) in [4.78, 5) is 13.0. The van der Waals surface area contributed by atoms with E-state index < -0.39 is 0 Å². The molecule has 0 aliphatic carbocycles. The molecule has 88 valence electrons. The maximum absolute atomic E-state index is 11.9. The lowest BCUT2D eigenvalue weighted by atomic mass is 10.2. The second-order valence-electron chi connectivity index (χ2n) is 3.56. The molecule has 2 aromatic rings. The van der Waals surface area contributed by atoms with E-state index >= 15 is 0 Å². The molecule has 0 spiro atoms. The molecule has 1 N–H and O–H groups in total. The summed E-state index contributed by atoms with van der Waals surface area (Å²) >= 11 is 1.65. The minimum Gasteiger partial charge on any atom is -0.305 e. The average molecular weight is 247 g/mol. The highest BCUT2D eigenvalue weighted by Crippen LogP contribution is 2.15. The third-order valence-electron chi connectivity index (χ3n) is 2.31. The summed E-state index contributed by atoms with van der Waals surface area (Å²) < 4.78 is 1.65. The van der Waals surface area contributed by atoms with Gasteiger partial charge in [0, 0.05) is 29.8 Å². The third-order valence-corrected chi connectivity index (χ3v) is 3.05. The van der Waals surface area contributed by atoms with E-state index in [0.717, 1.165) is 4.90 Å². The van der Waals surface area contributed by atoms with Gasteiger partial charge in [-0.15, -0.1) is 11.8 Å². The van der Waals surface area contributed by atoms with Crippen molar-refractivity contribution in [1.29, 1.82) is 0 Å². The zero-order valence-corrected chi connectivity index (χ0v) is 10.5. The lowest BCUT2D eigenvalue weighted by Gasteiger charge is -2.02. The van der Waals surface area contributed by atoms with Crippen LogP contribution in [0.1, 0.15) is 10.4 Å². The molecule has 1 amide bonds. The highest BCUT2D eigenvalue weighted by Gasteiger charge is 2.07. The second kappa shape index (κ2) is 5.05. The van der Waals surface area contributed by atoms with E-state index in [0.29, 0.717) is 11.4 Å². The Morgan fingerprint density at radius 3 is 2.53 bits per heavy atom. The molecule has 0 bridgehead atoms. The van der Waals surface area contributed by atoms with Gasteiger partial charge >= 0.3 is 0 Å². The second-order valence-corrected chi connectivity index (χ2v) is 4.44. The number of nitrogens with one attached hydrogen (secondary N) is 1. The van der Waals surface area contributed by atoms with Crippen LogP contribution in [0.15, 0.2) is 41.4 Å². The predicted octanol–water partition coefficient (Wildman–Crippen LogP) is 2.39. The van der Waals surface area contributed by atoms with Gasteiger partial charge in [-0.3, -0.25) is 9.48 Å². The number of carbonyl (C=O) groups is 1. The Morgan fingerprint density at radius 2 is 2.00 bits per heavy atom. The molecule has 0 aliphatic rings. The van der Waals surface area contributed by atoms with Crippen LogP contribution in [0.2, 0.25) is 0 Å². The van der Waals surface area contributed by atoms with Crippen molar-refractivity contribution < 1.29 is 4.79 Å². The van der Waals surface area contributed by atoms with Gasteiger partial charge in [-0.1, -0.05) is 0 Å². The molecule has 0 radical (unpaired) electrons. The van der Waals surface area contributed by atoms with Gasteiger partial charge in [0.15, 0.2) is 5.82 Å². The fourth-order valence-electron chi connectivity index (χ4n) is 1.41. The lowest BCUT2D eigenvalue weighted by Crippen LogP contribution is -2.12. The molecule has 17 heavy (non-hydrogen) atoms. The molecule has 0 aliphatic heterocycles. The Bertz CT molecular complexity index is 519. The topological polar surface area (TPSA) is 46.9 Å². The van der Waals surface area contributed by atoms with Crippen molar-refractivity contribution in [2.75, 3.05) is 11.6 Å². The van der Waals surface area contributed by atoms with E-state index in [4.69, 9.17) is 0 Å². The van der Waals surface area contributed by atoms with Crippen molar-refractivity contribution >= 4 is 23.5 Å². The maximum atomic E-state index is 11.9. The van der Waals surface area contributed by atoms with E-state index in [2.05, 4.69) is 10.4 Å². The smallest absolute Gasteiger partial charge is 0.256 e. The van der Waals surface area contributed by atoms with Gasteiger partial charge in [-0.05, 0) is 30.5 Å². The quantitative estimate of drug-likeness (QED) is 0.847. The Hall–Kier alpha value is -1.75. The van der Waals surface area contributed by atoms with Gasteiger partial charge in [0.25, 0.3) is 5.91 Å². The first-order valence-electron chi connectivity index (χ1n) is 5.14. The van der Waals surface area contributed by atoms with Gasteiger partial charge in [-0.25, -0.2) is 0 Å². The van der Waals surface area contributed by atoms with Crippen molar-refractivity contribution in [3.8, 4) is 0 Å². The van der Waals surface area contributed by atoms with E-state index in [1.807, 2.05) is 37.6 Å². The van der Waals surface area contributed by atoms with Crippen molar-refractivity contribution in [3.05, 3.63) is 42.1 Å². The van der Waals surface area contributed by atoms with Crippen LogP contribution in [0.5, 0.6) is 0 Å². The average Bonchev–Trinajstić information content (AvgIpc) is 2.75. The number of aryl methyl sites for hydroxylation is 1. The number of nitrogens with zero attached hydrogens (tertiary/aromatic N) is 2. The molecule has 0 atom stereocenters. The number of hydrogen-bond acceptors (Lipinski definition) is 3. The first-order valence-corrected chi connectivity index (χ1v) is 6.36. The van der Waals surface area contributed by atoms with Crippen LogP contribution >= 0.6 is 11.8 Å². The first kappa shape index (κ1) is 11.7. The largest absolute Gasteiger partial charge is 0.305 e. The van der Waals surface area contributed by atoms with Crippen molar-refractivity contribution in [2.45, 2.75) is 4.90 Å². The Balaban J connectivity index is 2.09. The van der Waals surface area contributed by atoms with Crippen LogP contribution < -0.4 is 5.32 Å².